The number of nitrogens with one attached hydrogen (secondary N) is 2. The highest BCUT2D eigenvalue weighted by Crippen LogP contribution is 2.06. The van der Waals surface area contributed by atoms with Crippen LogP contribution in [0.1, 0.15) is 11.5 Å². The highest BCUT2D eigenvalue weighted by Gasteiger charge is 2.03. The van der Waals surface area contributed by atoms with E-state index >= 15 is 0 Å². The zero-order valence-corrected chi connectivity index (χ0v) is 16.4. The Labute approximate surface area is 164 Å². The minimum Gasteiger partial charge on any atom is -0.469 e. The molecule has 0 saturated heterocycles. The van der Waals surface area contributed by atoms with E-state index in [0.717, 1.165) is 36.1 Å². The van der Waals surface area contributed by atoms with Crippen molar-refractivity contribution in [2.24, 2.45) is 4.99 Å². The molecule has 2 heterocycles. The van der Waals surface area contributed by atoms with E-state index in [1.165, 1.54) is 0 Å². The molecule has 132 valence electrons. The van der Waals surface area contributed by atoms with Gasteiger partial charge in [0.05, 0.1) is 24.2 Å². The molecule has 0 aliphatic rings. The van der Waals surface area contributed by atoms with E-state index in [1.807, 2.05) is 59.4 Å². The van der Waals surface area contributed by atoms with Crippen LogP contribution in [0.2, 0.25) is 0 Å². The third-order valence-electron chi connectivity index (χ3n) is 3.57. The molecule has 0 spiro atoms. The predicted molar refractivity (Wildman–Crippen MR) is 110 cm³/mol. The van der Waals surface area contributed by atoms with Gasteiger partial charge in [0.25, 0.3) is 0 Å². The van der Waals surface area contributed by atoms with Crippen LogP contribution in [0.15, 0.2) is 70.4 Å². The second-order valence-electron chi connectivity index (χ2n) is 5.27. The van der Waals surface area contributed by atoms with Gasteiger partial charge in [-0.1, -0.05) is 18.2 Å². The number of hydrogen-bond acceptors (Lipinski definition) is 3. The highest BCUT2D eigenvalue weighted by atomic mass is 127. The summed E-state index contributed by atoms with van der Waals surface area (Å²) in [5.41, 5.74) is 2.00. The Balaban J connectivity index is 0.00000225. The Morgan fingerprint density at radius 2 is 1.96 bits per heavy atom. The molecule has 7 heteroatoms. The van der Waals surface area contributed by atoms with Gasteiger partial charge in [-0.05, 0) is 30.3 Å². The zero-order chi connectivity index (χ0) is 16.6. The molecule has 3 rings (SSSR count). The number of furan rings is 1. The number of benzene rings is 1. The second-order valence-corrected chi connectivity index (χ2v) is 5.27. The Hall–Kier alpha value is -2.29. The van der Waals surface area contributed by atoms with Crippen molar-refractivity contribution >= 4 is 29.9 Å². The van der Waals surface area contributed by atoms with E-state index < -0.39 is 0 Å². The van der Waals surface area contributed by atoms with Crippen LogP contribution in [-0.4, -0.2) is 29.3 Å². The lowest BCUT2D eigenvalue weighted by molar-refractivity contribution is 0.506. The van der Waals surface area contributed by atoms with E-state index in [2.05, 4.69) is 20.7 Å². The maximum absolute atomic E-state index is 5.31. The summed E-state index contributed by atoms with van der Waals surface area (Å²) >= 11 is 0. The molecule has 0 radical (unpaired) electrons. The monoisotopic (exact) mass is 451 g/mol. The lowest BCUT2D eigenvalue weighted by atomic mass is 10.3. The van der Waals surface area contributed by atoms with Crippen molar-refractivity contribution in [2.75, 3.05) is 13.6 Å². The molecule has 0 aliphatic carbocycles. The number of aromatic nitrogens is 2. The summed E-state index contributed by atoms with van der Waals surface area (Å²) in [6, 6.07) is 15.9. The molecule has 3 aromatic rings. The standard InChI is InChI=1S/C18H21N5O.HI/c1-19-18(20-11-9-17-8-5-13-24-17)21-14-15-10-12-23(22-15)16-6-3-2-4-7-16;/h2-8,10,12-13H,9,11,14H2,1H3,(H2,19,20,21);1H. The molecule has 0 amide bonds. The van der Waals surface area contributed by atoms with E-state index in [0.29, 0.717) is 6.54 Å². The number of aliphatic imine (C=N–C) groups is 1. The van der Waals surface area contributed by atoms with Gasteiger partial charge in [0.1, 0.15) is 5.76 Å². The summed E-state index contributed by atoms with van der Waals surface area (Å²) in [6.07, 6.45) is 4.46. The number of rotatable bonds is 6. The van der Waals surface area contributed by atoms with Crippen LogP contribution in [0, 0.1) is 0 Å². The molecule has 25 heavy (non-hydrogen) atoms. The zero-order valence-electron chi connectivity index (χ0n) is 14.1. The number of halogens is 1. The van der Waals surface area contributed by atoms with E-state index in [1.54, 1.807) is 13.3 Å². The Kier molecular flexibility index (Phi) is 7.52. The molecule has 0 aliphatic heterocycles. The van der Waals surface area contributed by atoms with E-state index in [-0.39, 0.29) is 24.0 Å². The van der Waals surface area contributed by atoms with Crippen molar-refractivity contribution in [3.05, 3.63) is 72.4 Å². The lowest BCUT2D eigenvalue weighted by Crippen LogP contribution is -2.37. The normalized spacial score (nSPS) is 11.0. The maximum Gasteiger partial charge on any atom is 0.191 e. The summed E-state index contributed by atoms with van der Waals surface area (Å²) in [6.45, 7) is 1.37. The van der Waals surface area contributed by atoms with Crippen molar-refractivity contribution < 1.29 is 4.42 Å². The maximum atomic E-state index is 5.31. The van der Waals surface area contributed by atoms with Crippen LogP contribution in [0.4, 0.5) is 0 Å². The third-order valence-corrected chi connectivity index (χ3v) is 3.57. The van der Waals surface area contributed by atoms with Crippen molar-refractivity contribution in [2.45, 2.75) is 13.0 Å². The van der Waals surface area contributed by atoms with Gasteiger partial charge in [-0.25, -0.2) is 4.68 Å². The minimum atomic E-state index is 0. The highest BCUT2D eigenvalue weighted by molar-refractivity contribution is 14.0. The van der Waals surface area contributed by atoms with Gasteiger partial charge in [0.15, 0.2) is 5.96 Å². The molecule has 0 unspecified atom stereocenters. The van der Waals surface area contributed by atoms with Gasteiger partial charge < -0.3 is 15.1 Å². The fraction of sp³-hybridized carbons (Fsp3) is 0.222. The minimum absolute atomic E-state index is 0. The average molecular weight is 451 g/mol. The first-order valence-corrected chi connectivity index (χ1v) is 7.92. The van der Waals surface area contributed by atoms with Crippen molar-refractivity contribution in [3.63, 3.8) is 0 Å². The number of nitrogens with zero attached hydrogens (tertiary/aromatic N) is 3. The van der Waals surface area contributed by atoms with Crippen molar-refractivity contribution in [1.82, 2.24) is 20.4 Å². The van der Waals surface area contributed by atoms with Gasteiger partial charge >= 0.3 is 0 Å². The van der Waals surface area contributed by atoms with Gasteiger partial charge in [-0.15, -0.1) is 24.0 Å². The first kappa shape index (κ1) is 19.0. The Morgan fingerprint density at radius 3 is 2.68 bits per heavy atom. The molecule has 0 bridgehead atoms. The number of hydrogen-bond donors (Lipinski definition) is 2. The lowest BCUT2D eigenvalue weighted by Gasteiger charge is -2.10. The van der Waals surface area contributed by atoms with Crippen LogP contribution >= 0.6 is 24.0 Å². The Bertz CT molecular complexity index is 768. The fourth-order valence-electron chi connectivity index (χ4n) is 2.33. The predicted octanol–water partition coefficient (Wildman–Crippen LogP) is 2.99. The largest absolute Gasteiger partial charge is 0.469 e. The first-order valence-electron chi connectivity index (χ1n) is 7.92. The molecular formula is C18H22IN5O. The molecule has 0 atom stereocenters. The van der Waals surface area contributed by atoms with Gasteiger partial charge in [0.2, 0.25) is 0 Å². The molecule has 2 aromatic heterocycles. The number of para-hydroxylation sites is 1. The Morgan fingerprint density at radius 1 is 1.12 bits per heavy atom. The van der Waals surface area contributed by atoms with Crippen LogP contribution in [-0.2, 0) is 13.0 Å². The van der Waals surface area contributed by atoms with E-state index in [9.17, 15) is 0 Å². The molecule has 0 saturated carbocycles. The van der Waals surface area contributed by atoms with Crippen LogP contribution < -0.4 is 10.6 Å². The van der Waals surface area contributed by atoms with Crippen LogP contribution in [0.3, 0.4) is 0 Å². The molecular weight excluding hydrogens is 429 g/mol. The topological polar surface area (TPSA) is 67.4 Å². The summed E-state index contributed by atoms with van der Waals surface area (Å²) in [5.74, 6) is 1.70. The molecule has 0 fully saturated rings. The summed E-state index contributed by atoms with van der Waals surface area (Å²) < 4.78 is 7.18. The quantitative estimate of drug-likeness (QED) is 0.344. The summed E-state index contributed by atoms with van der Waals surface area (Å²) in [7, 11) is 1.75. The van der Waals surface area contributed by atoms with Gasteiger partial charge in [0, 0.05) is 26.2 Å². The SMILES string of the molecule is CN=C(NCCc1ccco1)NCc1ccn(-c2ccccc2)n1.I. The molecule has 6 nitrogen and oxygen atoms in total. The second kappa shape index (κ2) is 9.87. The molecule has 2 N–H and O–H groups in total. The van der Waals surface area contributed by atoms with Crippen LogP contribution in [0.5, 0.6) is 0 Å². The third kappa shape index (κ3) is 5.63. The molecule has 1 aromatic carbocycles. The van der Waals surface area contributed by atoms with Crippen molar-refractivity contribution in [1.29, 1.82) is 0 Å². The van der Waals surface area contributed by atoms with Crippen LogP contribution in [0.25, 0.3) is 5.69 Å². The first-order chi connectivity index (χ1) is 11.8. The average Bonchev–Trinajstić information content (AvgIpc) is 3.30. The number of guanidine groups is 1. The smallest absolute Gasteiger partial charge is 0.191 e. The van der Waals surface area contributed by atoms with Gasteiger partial charge in [-0.2, -0.15) is 5.10 Å². The van der Waals surface area contributed by atoms with Gasteiger partial charge in [-0.3, -0.25) is 4.99 Å². The van der Waals surface area contributed by atoms with Crippen molar-refractivity contribution in [3.8, 4) is 5.69 Å². The summed E-state index contributed by atoms with van der Waals surface area (Å²) in [5, 5.41) is 11.1. The van der Waals surface area contributed by atoms with E-state index in [4.69, 9.17) is 4.42 Å². The summed E-state index contributed by atoms with van der Waals surface area (Å²) in [4.78, 5) is 4.22. The fourth-order valence-corrected chi connectivity index (χ4v) is 2.33.